The van der Waals surface area contributed by atoms with Gasteiger partial charge in [-0.2, -0.15) is 0 Å². The molecule has 0 aromatic carbocycles. The quantitative estimate of drug-likeness (QED) is 0.841. The number of hydrogen-bond donors (Lipinski definition) is 2. The molecule has 19 heavy (non-hydrogen) atoms. The Kier molecular flexibility index (Phi) is 4.24. The van der Waals surface area contributed by atoms with E-state index in [-0.39, 0.29) is 5.25 Å². The van der Waals surface area contributed by atoms with Crippen LogP contribution in [0.15, 0.2) is 6.33 Å². The smallest absolute Gasteiger partial charge is 0.154 e. The van der Waals surface area contributed by atoms with Crippen molar-refractivity contribution < 1.29 is 8.42 Å². The van der Waals surface area contributed by atoms with Gasteiger partial charge in [0, 0.05) is 19.2 Å². The van der Waals surface area contributed by atoms with Crippen LogP contribution in [-0.2, 0) is 16.3 Å². The van der Waals surface area contributed by atoms with Crippen molar-refractivity contribution in [2.24, 2.45) is 0 Å². The zero-order valence-corrected chi connectivity index (χ0v) is 12.1. The van der Waals surface area contributed by atoms with Crippen molar-refractivity contribution in [3.05, 3.63) is 11.9 Å². The standard InChI is InChI=1S/C12H20N4O2S/c1-3-10-11(13-2)15-8-16-12(10)14-7-9-5-4-6-19(9,17)18/h8-9H,3-7H2,1-2H3,(H2,13,14,15,16). The Hall–Kier alpha value is -1.37. The number of nitrogens with zero attached hydrogens (tertiary/aromatic N) is 2. The van der Waals surface area contributed by atoms with Gasteiger partial charge in [0.05, 0.1) is 11.0 Å². The molecule has 2 rings (SSSR count). The number of hydrogen-bond acceptors (Lipinski definition) is 6. The van der Waals surface area contributed by atoms with Gasteiger partial charge in [0.25, 0.3) is 0 Å². The van der Waals surface area contributed by atoms with Crippen molar-refractivity contribution in [2.75, 3.05) is 30.0 Å². The highest BCUT2D eigenvalue weighted by Crippen LogP contribution is 2.23. The molecule has 7 heteroatoms. The Balaban J connectivity index is 2.12. The summed E-state index contributed by atoms with van der Waals surface area (Å²) in [4.78, 5) is 8.37. The summed E-state index contributed by atoms with van der Waals surface area (Å²) in [7, 11) is -1.10. The molecule has 1 aliphatic rings. The average Bonchev–Trinajstić information content (AvgIpc) is 2.74. The Labute approximate surface area is 114 Å². The van der Waals surface area contributed by atoms with Gasteiger partial charge >= 0.3 is 0 Å². The third-order valence-electron chi connectivity index (χ3n) is 3.50. The van der Waals surface area contributed by atoms with Crippen molar-refractivity contribution >= 4 is 21.5 Å². The summed E-state index contributed by atoms with van der Waals surface area (Å²) in [6, 6.07) is 0. The van der Waals surface area contributed by atoms with E-state index in [1.807, 2.05) is 14.0 Å². The predicted octanol–water partition coefficient (Wildman–Crippen LogP) is 1.07. The summed E-state index contributed by atoms with van der Waals surface area (Å²) in [6.07, 6.45) is 3.77. The molecule has 0 aliphatic carbocycles. The highest BCUT2D eigenvalue weighted by Gasteiger charge is 2.31. The summed E-state index contributed by atoms with van der Waals surface area (Å²) in [5.41, 5.74) is 0.986. The first-order chi connectivity index (χ1) is 9.08. The molecule has 1 aromatic heterocycles. The third-order valence-corrected chi connectivity index (χ3v) is 5.77. The molecule has 0 amide bonds. The highest BCUT2D eigenvalue weighted by molar-refractivity contribution is 7.92. The molecule has 1 atom stereocenters. The molecule has 1 fully saturated rings. The minimum atomic E-state index is -2.91. The third kappa shape index (κ3) is 2.97. The predicted molar refractivity (Wildman–Crippen MR) is 76.3 cm³/mol. The number of sulfone groups is 1. The monoisotopic (exact) mass is 284 g/mol. The molecule has 0 bridgehead atoms. The zero-order chi connectivity index (χ0) is 13.9. The van der Waals surface area contributed by atoms with Crippen molar-refractivity contribution in [3.63, 3.8) is 0 Å². The van der Waals surface area contributed by atoms with Crippen LogP contribution in [0.1, 0.15) is 25.3 Å². The molecule has 0 saturated carbocycles. The topological polar surface area (TPSA) is 84.0 Å². The Morgan fingerprint density at radius 2 is 2.11 bits per heavy atom. The van der Waals surface area contributed by atoms with Crippen LogP contribution < -0.4 is 10.6 Å². The fraction of sp³-hybridized carbons (Fsp3) is 0.667. The van der Waals surface area contributed by atoms with Crippen LogP contribution in [0, 0.1) is 0 Å². The summed E-state index contributed by atoms with van der Waals surface area (Å²) < 4.78 is 23.6. The lowest BCUT2D eigenvalue weighted by atomic mass is 10.2. The maximum atomic E-state index is 11.8. The summed E-state index contributed by atoms with van der Waals surface area (Å²) >= 11 is 0. The van der Waals surface area contributed by atoms with Crippen LogP contribution in [0.4, 0.5) is 11.6 Å². The van der Waals surface area contributed by atoms with E-state index < -0.39 is 9.84 Å². The van der Waals surface area contributed by atoms with E-state index >= 15 is 0 Å². The van der Waals surface area contributed by atoms with E-state index in [0.717, 1.165) is 36.5 Å². The van der Waals surface area contributed by atoms with E-state index in [9.17, 15) is 8.42 Å². The van der Waals surface area contributed by atoms with E-state index in [4.69, 9.17) is 0 Å². The minimum absolute atomic E-state index is 0.287. The van der Waals surface area contributed by atoms with E-state index in [1.54, 1.807) is 0 Å². The Morgan fingerprint density at radius 3 is 2.68 bits per heavy atom. The molecule has 2 heterocycles. The zero-order valence-electron chi connectivity index (χ0n) is 11.3. The molecular weight excluding hydrogens is 264 g/mol. The Morgan fingerprint density at radius 1 is 1.37 bits per heavy atom. The van der Waals surface area contributed by atoms with Gasteiger partial charge in [-0.05, 0) is 19.3 Å². The van der Waals surface area contributed by atoms with Crippen LogP contribution >= 0.6 is 0 Å². The van der Waals surface area contributed by atoms with Crippen molar-refractivity contribution in [1.29, 1.82) is 0 Å². The molecule has 2 N–H and O–H groups in total. The van der Waals surface area contributed by atoms with Gasteiger partial charge in [0.15, 0.2) is 9.84 Å². The molecule has 1 aromatic rings. The van der Waals surface area contributed by atoms with Crippen LogP contribution in [0.25, 0.3) is 0 Å². The molecule has 0 radical (unpaired) electrons. The minimum Gasteiger partial charge on any atom is -0.373 e. The molecule has 1 unspecified atom stereocenters. The van der Waals surface area contributed by atoms with E-state index in [1.165, 1.54) is 6.33 Å². The van der Waals surface area contributed by atoms with Gasteiger partial charge < -0.3 is 10.6 Å². The Bertz CT molecular complexity index is 545. The van der Waals surface area contributed by atoms with Crippen LogP contribution in [-0.4, -0.2) is 43.0 Å². The van der Waals surface area contributed by atoms with Crippen molar-refractivity contribution in [2.45, 2.75) is 31.4 Å². The van der Waals surface area contributed by atoms with Crippen LogP contribution in [0.2, 0.25) is 0 Å². The fourth-order valence-electron chi connectivity index (χ4n) is 2.41. The van der Waals surface area contributed by atoms with Gasteiger partial charge in [-0.1, -0.05) is 6.92 Å². The first kappa shape index (κ1) is 14.0. The summed E-state index contributed by atoms with van der Waals surface area (Å²) in [6.45, 7) is 2.45. The van der Waals surface area contributed by atoms with Crippen molar-refractivity contribution in [3.8, 4) is 0 Å². The van der Waals surface area contributed by atoms with Gasteiger partial charge in [-0.15, -0.1) is 0 Å². The maximum Gasteiger partial charge on any atom is 0.154 e. The first-order valence-corrected chi connectivity index (χ1v) is 8.27. The van der Waals surface area contributed by atoms with E-state index in [0.29, 0.717) is 12.3 Å². The molecule has 0 spiro atoms. The largest absolute Gasteiger partial charge is 0.373 e. The second-order valence-corrected chi connectivity index (χ2v) is 7.07. The van der Waals surface area contributed by atoms with Gasteiger partial charge in [-0.3, -0.25) is 0 Å². The van der Waals surface area contributed by atoms with Gasteiger partial charge in [-0.25, -0.2) is 18.4 Å². The van der Waals surface area contributed by atoms with Crippen LogP contribution in [0.5, 0.6) is 0 Å². The summed E-state index contributed by atoms with van der Waals surface area (Å²) in [5.74, 6) is 1.82. The van der Waals surface area contributed by atoms with Crippen molar-refractivity contribution in [1.82, 2.24) is 9.97 Å². The van der Waals surface area contributed by atoms with Crippen LogP contribution in [0.3, 0.4) is 0 Å². The van der Waals surface area contributed by atoms with E-state index in [2.05, 4.69) is 20.6 Å². The molecular formula is C12H20N4O2S. The van der Waals surface area contributed by atoms with Gasteiger partial charge in [0.1, 0.15) is 18.0 Å². The number of nitrogens with one attached hydrogen (secondary N) is 2. The number of aromatic nitrogens is 2. The lowest BCUT2D eigenvalue weighted by Gasteiger charge is -2.15. The molecule has 6 nitrogen and oxygen atoms in total. The maximum absolute atomic E-state index is 11.8. The number of anilines is 2. The molecule has 1 aliphatic heterocycles. The van der Waals surface area contributed by atoms with Gasteiger partial charge in [0.2, 0.25) is 0 Å². The molecule has 106 valence electrons. The fourth-order valence-corrected chi connectivity index (χ4v) is 4.18. The second kappa shape index (κ2) is 5.73. The normalized spacial score (nSPS) is 21.3. The lowest BCUT2D eigenvalue weighted by Crippen LogP contribution is -2.26. The average molecular weight is 284 g/mol. The SMILES string of the molecule is CCc1c(NC)ncnc1NCC1CCCS1(=O)=O. The number of rotatable bonds is 5. The lowest BCUT2D eigenvalue weighted by molar-refractivity contribution is 0.591. The summed E-state index contributed by atoms with van der Waals surface area (Å²) in [5, 5.41) is 5.90. The molecule has 1 saturated heterocycles. The second-order valence-electron chi connectivity index (χ2n) is 4.67. The highest BCUT2D eigenvalue weighted by atomic mass is 32.2. The first-order valence-electron chi connectivity index (χ1n) is 6.55.